The van der Waals surface area contributed by atoms with Gasteiger partial charge in [0.2, 0.25) is 15.9 Å². The van der Waals surface area contributed by atoms with Gasteiger partial charge in [0.05, 0.1) is 29.0 Å². The van der Waals surface area contributed by atoms with Crippen molar-refractivity contribution in [2.45, 2.75) is 19.4 Å². The lowest BCUT2D eigenvalue weighted by atomic mass is 10.1. The van der Waals surface area contributed by atoms with Gasteiger partial charge in [0.25, 0.3) is 5.69 Å². The number of sulfonamides is 1. The molecule has 0 saturated carbocycles. The van der Waals surface area contributed by atoms with Gasteiger partial charge in [-0.15, -0.1) is 0 Å². The van der Waals surface area contributed by atoms with Gasteiger partial charge in [0.15, 0.2) is 0 Å². The molecular formula is C18H20ClN3O6S. The Kier molecular flexibility index (Phi) is 7.04. The lowest BCUT2D eigenvalue weighted by molar-refractivity contribution is -0.384. The number of ether oxygens (including phenoxy) is 1. The van der Waals surface area contributed by atoms with E-state index in [9.17, 15) is 23.3 Å². The molecule has 1 unspecified atom stereocenters. The molecule has 29 heavy (non-hydrogen) atoms. The first-order valence-corrected chi connectivity index (χ1v) is 10.7. The average molecular weight is 442 g/mol. The second-order valence-corrected chi connectivity index (χ2v) is 8.33. The van der Waals surface area contributed by atoms with Crippen LogP contribution in [0.15, 0.2) is 42.5 Å². The van der Waals surface area contributed by atoms with Crippen LogP contribution in [0.1, 0.15) is 13.3 Å². The van der Waals surface area contributed by atoms with Crippen LogP contribution in [-0.2, 0) is 14.8 Å². The van der Waals surface area contributed by atoms with Crippen molar-refractivity contribution >= 4 is 44.6 Å². The van der Waals surface area contributed by atoms with Gasteiger partial charge in [0.1, 0.15) is 17.5 Å². The lowest BCUT2D eigenvalue weighted by Crippen LogP contribution is -2.47. The minimum absolute atomic E-state index is 0.0741. The number of non-ortho nitro benzene ring substituents is 1. The van der Waals surface area contributed by atoms with Crippen molar-refractivity contribution in [3.05, 3.63) is 57.6 Å². The number of anilines is 2. The van der Waals surface area contributed by atoms with Crippen LogP contribution in [0.5, 0.6) is 5.75 Å². The molecule has 1 atom stereocenters. The Morgan fingerprint density at radius 3 is 2.48 bits per heavy atom. The monoisotopic (exact) mass is 441 g/mol. The van der Waals surface area contributed by atoms with Crippen LogP contribution in [0.4, 0.5) is 17.1 Å². The minimum Gasteiger partial charge on any atom is -0.495 e. The summed E-state index contributed by atoms with van der Waals surface area (Å²) in [6, 6.07) is 8.84. The van der Waals surface area contributed by atoms with Crippen LogP contribution in [-0.4, -0.2) is 38.7 Å². The van der Waals surface area contributed by atoms with Crippen molar-refractivity contribution in [3.8, 4) is 5.75 Å². The number of rotatable bonds is 8. The number of nitrogens with zero attached hydrogens (tertiary/aromatic N) is 2. The third-order valence-corrected chi connectivity index (χ3v) is 5.57. The fourth-order valence-corrected chi connectivity index (χ4v) is 4.17. The largest absolute Gasteiger partial charge is 0.495 e. The topological polar surface area (TPSA) is 119 Å². The van der Waals surface area contributed by atoms with Gasteiger partial charge < -0.3 is 10.1 Å². The number of nitro benzene ring substituents is 1. The van der Waals surface area contributed by atoms with E-state index in [4.69, 9.17) is 16.3 Å². The molecule has 11 heteroatoms. The van der Waals surface area contributed by atoms with E-state index in [0.717, 1.165) is 16.6 Å². The van der Waals surface area contributed by atoms with E-state index in [0.29, 0.717) is 5.69 Å². The SMILES string of the molecule is CCC(C(=O)Nc1ccccc1Cl)N(c1cc([N+](=O)[O-])ccc1OC)S(C)(=O)=O. The van der Waals surface area contributed by atoms with E-state index in [1.165, 1.54) is 19.2 Å². The van der Waals surface area contributed by atoms with Gasteiger partial charge in [0, 0.05) is 12.1 Å². The Labute approximate surface area is 173 Å². The third-order valence-electron chi connectivity index (χ3n) is 4.07. The molecule has 0 spiro atoms. The maximum atomic E-state index is 12.9. The summed E-state index contributed by atoms with van der Waals surface area (Å²) >= 11 is 6.06. The molecule has 2 rings (SSSR count). The van der Waals surface area contributed by atoms with Crippen molar-refractivity contribution in [1.82, 2.24) is 0 Å². The zero-order valence-corrected chi connectivity index (χ0v) is 17.5. The molecule has 0 aliphatic heterocycles. The highest BCUT2D eigenvalue weighted by Crippen LogP contribution is 2.36. The number of methoxy groups -OCH3 is 1. The number of hydrogen-bond donors (Lipinski definition) is 1. The Bertz CT molecular complexity index is 1030. The molecule has 0 heterocycles. The Hall–Kier alpha value is -2.85. The summed E-state index contributed by atoms with van der Waals surface area (Å²) in [5.41, 5.74) is -0.127. The van der Waals surface area contributed by atoms with Gasteiger partial charge in [-0.25, -0.2) is 8.42 Å². The first-order valence-electron chi connectivity index (χ1n) is 8.47. The molecule has 2 aromatic rings. The minimum atomic E-state index is -4.01. The predicted octanol–water partition coefficient (Wildman–Crippen LogP) is 3.44. The number of benzene rings is 2. The van der Waals surface area contributed by atoms with Gasteiger partial charge >= 0.3 is 0 Å². The highest BCUT2D eigenvalue weighted by Gasteiger charge is 2.34. The van der Waals surface area contributed by atoms with Crippen molar-refractivity contribution in [1.29, 1.82) is 0 Å². The maximum Gasteiger partial charge on any atom is 0.271 e. The summed E-state index contributed by atoms with van der Waals surface area (Å²) < 4.78 is 31.2. The molecule has 0 aromatic heterocycles. The molecule has 1 amide bonds. The van der Waals surface area contributed by atoms with Crippen LogP contribution >= 0.6 is 11.6 Å². The summed E-state index contributed by atoms with van der Waals surface area (Å²) in [4.78, 5) is 23.4. The van der Waals surface area contributed by atoms with Crippen LogP contribution in [0.3, 0.4) is 0 Å². The summed E-state index contributed by atoms with van der Waals surface area (Å²) in [5.74, 6) is -0.565. The quantitative estimate of drug-likeness (QED) is 0.495. The molecule has 0 aliphatic carbocycles. The molecule has 2 aromatic carbocycles. The number of amides is 1. The van der Waals surface area contributed by atoms with Gasteiger partial charge in [-0.1, -0.05) is 30.7 Å². The highest BCUT2D eigenvalue weighted by molar-refractivity contribution is 7.92. The number of hydrogen-bond acceptors (Lipinski definition) is 6. The van der Waals surface area contributed by atoms with E-state index in [-0.39, 0.29) is 28.6 Å². The number of halogens is 1. The summed E-state index contributed by atoms with van der Waals surface area (Å²) in [5, 5.41) is 14.1. The zero-order chi connectivity index (χ0) is 21.8. The number of carbonyl (C=O) groups is 1. The zero-order valence-electron chi connectivity index (χ0n) is 16.0. The van der Waals surface area contributed by atoms with Crippen molar-refractivity contribution < 1.29 is 22.9 Å². The predicted molar refractivity (Wildman–Crippen MR) is 111 cm³/mol. The number of nitrogens with one attached hydrogen (secondary N) is 1. The van der Waals surface area contributed by atoms with Crippen molar-refractivity contribution in [2.24, 2.45) is 0 Å². The van der Waals surface area contributed by atoms with E-state index < -0.39 is 26.9 Å². The summed E-state index contributed by atoms with van der Waals surface area (Å²) in [7, 11) is -2.71. The van der Waals surface area contributed by atoms with Gasteiger partial charge in [-0.05, 0) is 24.6 Å². The Morgan fingerprint density at radius 2 is 1.97 bits per heavy atom. The molecular weight excluding hydrogens is 422 g/mol. The van der Waals surface area contributed by atoms with Crippen LogP contribution in [0.2, 0.25) is 5.02 Å². The third kappa shape index (κ3) is 5.15. The standard InChI is InChI=1S/C18H20ClN3O6S/c1-4-15(18(23)20-14-8-6-5-7-13(14)19)21(29(3,26)27)16-11-12(22(24)25)9-10-17(16)28-2/h5-11,15H,4H2,1-3H3,(H,20,23). The number of para-hydroxylation sites is 1. The fraction of sp³-hybridized carbons (Fsp3) is 0.278. The average Bonchev–Trinajstić information content (AvgIpc) is 2.66. The summed E-state index contributed by atoms with van der Waals surface area (Å²) in [6.45, 7) is 1.62. The van der Waals surface area contributed by atoms with Gasteiger partial charge in [-0.2, -0.15) is 0 Å². The Balaban J connectivity index is 2.56. The second-order valence-electron chi connectivity index (χ2n) is 6.07. The lowest BCUT2D eigenvalue weighted by Gasteiger charge is -2.31. The van der Waals surface area contributed by atoms with Crippen LogP contribution in [0.25, 0.3) is 0 Å². The van der Waals surface area contributed by atoms with Crippen molar-refractivity contribution in [2.75, 3.05) is 23.0 Å². The first-order chi connectivity index (χ1) is 13.6. The maximum absolute atomic E-state index is 12.9. The van der Waals surface area contributed by atoms with E-state index >= 15 is 0 Å². The highest BCUT2D eigenvalue weighted by atomic mass is 35.5. The smallest absolute Gasteiger partial charge is 0.271 e. The number of carbonyl (C=O) groups excluding carboxylic acids is 1. The normalized spacial score (nSPS) is 12.1. The molecule has 0 saturated heterocycles. The molecule has 1 N–H and O–H groups in total. The number of nitro groups is 1. The van der Waals surface area contributed by atoms with Crippen LogP contribution < -0.4 is 14.4 Å². The van der Waals surface area contributed by atoms with Crippen molar-refractivity contribution in [3.63, 3.8) is 0 Å². The molecule has 0 bridgehead atoms. The second kappa shape index (κ2) is 9.10. The molecule has 0 radical (unpaired) electrons. The first kappa shape index (κ1) is 22.4. The van der Waals surface area contributed by atoms with E-state index in [1.807, 2.05) is 0 Å². The Morgan fingerprint density at radius 1 is 1.31 bits per heavy atom. The fourth-order valence-electron chi connectivity index (χ4n) is 2.78. The summed E-state index contributed by atoms with van der Waals surface area (Å²) in [6.07, 6.45) is 1.01. The molecule has 0 aliphatic rings. The molecule has 156 valence electrons. The van der Waals surface area contributed by atoms with Crippen LogP contribution in [0, 0.1) is 10.1 Å². The molecule has 0 fully saturated rings. The molecule has 9 nitrogen and oxygen atoms in total. The van der Waals surface area contributed by atoms with E-state index in [2.05, 4.69) is 5.32 Å². The van der Waals surface area contributed by atoms with Gasteiger partial charge in [-0.3, -0.25) is 19.2 Å². The van der Waals surface area contributed by atoms with E-state index in [1.54, 1.807) is 31.2 Å².